The van der Waals surface area contributed by atoms with Gasteiger partial charge in [-0.25, -0.2) is 0 Å². The fourth-order valence-corrected chi connectivity index (χ4v) is 2.06. The quantitative estimate of drug-likeness (QED) is 0.484. The van der Waals surface area contributed by atoms with Crippen LogP contribution in [0.3, 0.4) is 0 Å². The first-order valence-electron chi connectivity index (χ1n) is 7.82. The Morgan fingerprint density at radius 3 is 1.17 bits per heavy atom. The Labute approximate surface area is 141 Å². The van der Waals surface area contributed by atoms with Crippen molar-refractivity contribution < 1.29 is 39.5 Å². The Bertz CT molecular complexity index is 433. The molecule has 0 bridgehead atoms. The van der Waals surface area contributed by atoms with Crippen LogP contribution in [0.15, 0.2) is 0 Å². The summed E-state index contributed by atoms with van der Waals surface area (Å²) in [5, 5.41) is 40.3. The second-order valence-electron chi connectivity index (χ2n) is 8.20. The van der Waals surface area contributed by atoms with Gasteiger partial charge in [-0.2, -0.15) is 0 Å². The zero-order chi connectivity index (χ0) is 19.0. The molecule has 0 aromatic carbocycles. The molecule has 1 saturated carbocycles. The van der Waals surface area contributed by atoms with E-state index in [1.54, 1.807) is 41.5 Å². The summed E-state index contributed by atoms with van der Waals surface area (Å²) in [4.78, 5) is 24.0. The lowest BCUT2D eigenvalue weighted by molar-refractivity contribution is -0.245. The third-order valence-corrected chi connectivity index (χ3v) is 3.76. The van der Waals surface area contributed by atoms with Gasteiger partial charge in [0.25, 0.3) is 0 Å². The third-order valence-electron chi connectivity index (χ3n) is 3.76. The highest BCUT2D eigenvalue weighted by atomic mass is 16.6. The van der Waals surface area contributed by atoms with Crippen LogP contribution in [0, 0.1) is 10.8 Å². The van der Waals surface area contributed by atoms with E-state index in [0.29, 0.717) is 0 Å². The monoisotopic (exact) mass is 348 g/mol. The highest BCUT2D eigenvalue weighted by Gasteiger charge is 2.53. The molecule has 140 valence electrons. The fraction of sp³-hybridized carbons (Fsp3) is 0.875. The minimum absolute atomic E-state index is 0.713. The first kappa shape index (κ1) is 20.8. The maximum atomic E-state index is 12.0. The molecule has 0 aromatic rings. The number of hydrogen-bond donors (Lipinski definition) is 4. The minimum Gasteiger partial charge on any atom is -0.456 e. The molecule has 0 heterocycles. The van der Waals surface area contributed by atoms with Crippen LogP contribution in [-0.4, -0.2) is 69.0 Å². The topological polar surface area (TPSA) is 134 Å². The van der Waals surface area contributed by atoms with Crippen molar-refractivity contribution in [3.8, 4) is 0 Å². The van der Waals surface area contributed by atoms with Crippen molar-refractivity contribution in [3.63, 3.8) is 0 Å². The molecule has 0 radical (unpaired) electrons. The standard InChI is InChI=1S/C16H28O8/c1-15(2,3)13(21)23-11-8(18)7(17)9(19)12(10(11)20)24-14(22)16(4,5)6/h7-12,17-20H,1-6H3/t7?,8-,9+,10?,11+,12-. The summed E-state index contributed by atoms with van der Waals surface area (Å²) in [6, 6.07) is 0. The van der Waals surface area contributed by atoms with E-state index < -0.39 is 59.4 Å². The third kappa shape index (κ3) is 4.44. The Morgan fingerprint density at radius 1 is 0.625 bits per heavy atom. The largest absolute Gasteiger partial charge is 0.456 e. The van der Waals surface area contributed by atoms with Gasteiger partial charge >= 0.3 is 11.9 Å². The van der Waals surface area contributed by atoms with Crippen LogP contribution in [0.1, 0.15) is 41.5 Å². The van der Waals surface area contributed by atoms with E-state index in [-0.39, 0.29) is 0 Å². The van der Waals surface area contributed by atoms with Gasteiger partial charge in [0.1, 0.15) is 24.4 Å². The summed E-state index contributed by atoms with van der Waals surface area (Å²) < 4.78 is 10.2. The van der Waals surface area contributed by atoms with E-state index in [2.05, 4.69) is 0 Å². The van der Waals surface area contributed by atoms with Gasteiger partial charge in [0.15, 0.2) is 12.2 Å². The van der Waals surface area contributed by atoms with Crippen LogP contribution in [0.5, 0.6) is 0 Å². The smallest absolute Gasteiger partial charge is 0.311 e. The summed E-state index contributed by atoms with van der Waals surface area (Å²) in [5.74, 6) is -1.43. The lowest BCUT2D eigenvalue weighted by Gasteiger charge is -2.43. The molecule has 0 aliphatic heterocycles. The molecule has 0 aromatic heterocycles. The predicted octanol–water partition coefficient (Wildman–Crippen LogP) is -0.641. The minimum atomic E-state index is -1.75. The number of aliphatic hydroxyl groups is 4. The number of rotatable bonds is 2. The Morgan fingerprint density at radius 2 is 0.917 bits per heavy atom. The molecule has 8 nitrogen and oxygen atoms in total. The highest BCUT2D eigenvalue weighted by molar-refractivity contribution is 5.76. The fourth-order valence-electron chi connectivity index (χ4n) is 2.06. The summed E-state index contributed by atoms with van der Waals surface area (Å²) >= 11 is 0. The van der Waals surface area contributed by atoms with Gasteiger partial charge in [-0.15, -0.1) is 0 Å². The van der Waals surface area contributed by atoms with Crippen molar-refractivity contribution in [1.82, 2.24) is 0 Å². The molecule has 6 atom stereocenters. The Kier molecular flexibility index (Phi) is 6.03. The van der Waals surface area contributed by atoms with E-state index in [4.69, 9.17) is 9.47 Å². The molecule has 24 heavy (non-hydrogen) atoms. The molecule has 2 unspecified atom stereocenters. The van der Waals surface area contributed by atoms with Gasteiger partial charge in [-0.05, 0) is 41.5 Å². The van der Waals surface area contributed by atoms with E-state index in [1.165, 1.54) is 0 Å². The highest BCUT2D eigenvalue weighted by Crippen LogP contribution is 2.30. The molecule has 4 N–H and O–H groups in total. The predicted molar refractivity (Wildman–Crippen MR) is 82.7 cm³/mol. The Balaban J connectivity index is 3.01. The molecule has 0 saturated heterocycles. The lowest BCUT2D eigenvalue weighted by Crippen LogP contribution is -2.66. The molecule has 1 rings (SSSR count). The molecule has 0 amide bonds. The Hall–Kier alpha value is -1.22. The van der Waals surface area contributed by atoms with Crippen LogP contribution in [-0.2, 0) is 19.1 Å². The van der Waals surface area contributed by atoms with Crippen molar-refractivity contribution in [3.05, 3.63) is 0 Å². The van der Waals surface area contributed by atoms with Gasteiger partial charge < -0.3 is 29.9 Å². The summed E-state index contributed by atoms with van der Waals surface area (Å²) in [6.45, 7) is 9.50. The second-order valence-corrected chi connectivity index (χ2v) is 8.20. The molecule has 8 heteroatoms. The maximum Gasteiger partial charge on any atom is 0.311 e. The zero-order valence-corrected chi connectivity index (χ0v) is 14.9. The number of aliphatic hydroxyl groups excluding tert-OH is 4. The molecule has 1 fully saturated rings. The summed E-state index contributed by atoms with van der Waals surface area (Å²) in [5.41, 5.74) is -1.81. The second kappa shape index (κ2) is 6.95. The lowest BCUT2D eigenvalue weighted by atomic mass is 9.84. The number of esters is 2. The van der Waals surface area contributed by atoms with Crippen LogP contribution in [0.2, 0.25) is 0 Å². The average molecular weight is 348 g/mol. The summed E-state index contributed by atoms with van der Waals surface area (Å²) in [6.07, 6.45) is -9.93. The van der Waals surface area contributed by atoms with Crippen LogP contribution < -0.4 is 0 Å². The van der Waals surface area contributed by atoms with Crippen molar-refractivity contribution in [2.24, 2.45) is 10.8 Å². The van der Waals surface area contributed by atoms with Crippen molar-refractivity contribution in [1.29, 1.82) is 0 Å². The number of hydrogen-bond acceptors (Lipinski definition) is 8. The van der Waals surface area contributed by atoms with Gasteiger partial charge in [-0.1, -0.05) is 0 Å². The van der Waals surface area contributed by atoms with Gasteiger partial charge in [-0.3, -0.25) is 9.59 Å². The molecule has 1 aliphatic rings. The van der Waals surface area contributed by atoms with Crippen LogP contribution >= 0.6 is 0 Å². The number of carbonyl (C=O) groups excluding carboxylic acids is 2. The number of carbonyl (C=O) groups is 2. The maximum absolute atomic E-state index is 12.0. The molecular formula is C16H28O8. The van der Waals surface area contributed by atoms with E-state index in [1.807, 2.05) is 0 Å². The van der Waals surface area contributed by atoms with Crippen LogP contribution in [0.4, 0.5) is 0 Å². The van der Waals surface area contributed by atoms with Gasteiger partial charge in [0, 0.05) is 0 Å². The van der Waals surface area contributed by atoms with E-state index in [9.17, 15) is 30.0 Å². The molecule has 0 spiro atoms. The van der Waals surface area contributed by atoms with E-state index >= 15 is 0 Å². The van der Waals surface area contributed by atoms with Crippen molar-refractivity contribution >= 4 is 11.9 Å². The van der Waals surface area contributed by atoms with Crippen molar-refractivity contribution in [2.75, 3.05) is 0 Å². The first-order chi connectivity index (χ1) is 10.7. The first-order valence-corrected chi connectivity index (χ1v) is 7.82. The molecule has 1 aliphatic carbocycles. The van der Waals surface area contributed by atoms with Crippen molar-refractivity contribution in [2.45, 2.75) is 78.2 Å². The zero-order valence-electron chi connectivity index (χ0n) is 14.9. The average Bonchev–Trinajstić information content (AvgIpc) is 2.43. The van der Waals surface area contributed by atoms with Crippen LogP contribution in [0.25, 0.3) is 0 Å². The van der Waals surface area contributed by atoms with Gasteiger partial charge in [0.05, 0.1) is 10.8 Å². The van der Waals surface area contributed by atoms with E-state index in [0.717, 1.165) is 0 Å². The van der Waals surface area contributed by atoms with Gasteiger partial charge in [0.2, 0.25) is 0 Å². The normalized spacial score (nSPS) is 34.6. The summed E-state index contributed by atoms with van der Waals surface area (Å²) in [7, 11) is 0. The number of ether oxygens (including phenoxy) is 2. The SMILES string of the molecule is CC(C)(C)C(=O)O[C@@H]1C(O)[C@H](OC(=O)C(C)(C)C)[C@@H](O)C(O)[C@H]1O. The molecular weight excluding hydrogens is 320 g/mol.